The van der Waals surface area contributed by atoms with Crippen molar-refractivity contribution < 1.29 is 9.72 Å². The second-order valence-corrected chi connectivity index (χ2v) is 7.70. The summed E-state index contributed by atoms with van der Waals surface area (Å²) in [6.45, 7) is 3.82. The van der Waals surface area contributed by atoms with E-state index in [9.17, 15) is 19.7 Å². The number of para-hydroxylation sites is 1. The highest BCUT2D eigenvalue weighted by atomic mass is 16.6. The van der Waals surface area contributed by atoms with Crippen LogP contribution >= 0.6 is 0 Å². The molecule has 3 aromatic carbocycles. The van der Waals surface area contributed by atoms with Crippen LogP contribution in [0.3, 0.4) is 0 Å². The topological polar surface area (TPSA) is 96.3 Å². The molecule has 0 radical (unpaired) electrons. The minimum atomic E-state index is -0.535. The number of non-ortho nitro benzene ring substituents is 1. The SMILES string of the molecule is Cc1ccc(C)c(N(Cc2cc3ccccc3[nH]c2=O)C(=O)c2cccc([N+](=O)[O-])c2)c1. The summed E-state index contributed by atoms with van der Waals surface area (Å²) in [6, 6.07) is 20.5. The van der Waals surface area contributed by atoms with Crippen molar-refractivity contribution in [3.05, 3.63) is 116 Å². The van der Waals surface area contributed by atoms with Crippen molar-refractivity contribution in [3.63, 3.8) is 0 Å². The van der Waals surface area contributed by atoms with Crippen molar-refractivity contribution >= 4 is 28.2 Å². The maximum Gasteiger partial charge on any atom is 0.270 e. The molecule has 0 unspecified atom stereocenters. The molecule has 32 heavy (non-hydrogen) atoms. The molecule has 0 aliphatic rings. The zero-order valence-electron chi connectivity index (χ0n) is 17.7. The minimum absolute atomic E-state index is 0.0198. The molecule has 0 spiro atoms. The zero-order valence-corrected chi connectivity index (χ0v) is 17.7. The number of carbonyl (C=O) groups is 1. The van der Waals surface area contributed by atoms with Crippen LogP contribution < -0.4 is 10.5 Å². The van der Waals surface area contributed by atoms with Crippen LogP contribution in [0.2, 0.25) is 0 Å². The molecule has 7 nitrogen and oxygen atoms in total. The highest BCUT2D eigenvalue weighted by Gasteiger charge is 2.23. The van der Waals surface area contributed by atoms with Gasteiger partial charge >= 0.3 is 0 Å². The molecule has 1 N–H and O–H groups in total. The molecule has 0 saturated carbocycles. The van der Waals surface area contributed by atoms with E-state index in [-0.39, 0.29) is 23.4 Å². The summed E-state index contributed by atoms with van der Waals surface area (Å²) >= 11 is 0. The number of rotatable bonds is 5. The zero-order chi connectivity index (χ0) is 22.8. The van der Waals surface area contributed by atoms with Gasteiger partial charge < -0.3 is 9.88 Å². The van der Waals surface area contributed by atoms with Gasteiger partial charge in [-0.1, -0.05) is 36.4 Å². The summed E-state index contributed by atoms with van der Waals surface area (Å²) in [7, 11) is 0. The monoisotopic (exact) mass is 427 g/mol. The molecule has 0 atom stereocenters. The van der Waals surface area contributed by atoms with Gasteiger partial charge in [-0.05, 0) is 54.6 Å². The summed E-state index contributed by atoms with van der Waals surface area (Å²) in [5.74, 6) is -0.421. The number of H-pyrrole nitrogens is 1. The number of anilines is 1. The molecule has 4 aromatic rings. The van der Waals surface area contributed by atoms with Gasteiger partial charge in [-0.15, -0.1) is 0 Å². The Kier molecular flexibility index (Phi) is 5.55. The number of amides is 1. The summed E-state index contributed by atoms with van der Waals surface area (Å²) in [6.07, 6.45) is 0. The van der Waals surface area contributed by atoms with Gasteiger partial charge in [0.25, 0.3) is 17.2 Å². The van der Waals surface area contributed by atoms with Gasteiger partial charge in [0.1, 0.15) is 0 Å². The van der Waals surface area contributed by atoms with Crippen molar-refractivity contribution in [2.75, 3.05) is 4.90 Å². The van der Waals surface area contributed by atoms with E-state index >= 15 is 0 Å². The number of hydrogen-bond acceptors (Lipinski definition) is 4. The average Bonchev–Trinajstić information content (AvgIpc) is 2.79. The highest BCUT2D eigenvalue weighted by Crippen LogP contribution is 2.26. The number of fused-ring (bicyclic) bond motifs is 1. The lowest BCUT2D eigenvalue weighted by atomic mass is 10.1. The second kappa shape index (κ2) is 8.47. The fourth-order valence-electron chi connectivity index (χ4n) is 3.67. The minimum Gasteiger partial charge on any atom is -0.322 e. The number of carbonyl (C=O) groups excluding carboxylic acids is 1. The smallest absolute Gasteiger partial charge is 0.270 e. The molecule has 0 aliphatic heterocycles. The Labute approximate surface area is 184 Å². The number of nitrogens with one attached hydrogen (secondary N) is 1. The predicted molar refractivity (Wildman–Crippen MR) is 124 cm³/mol. The molecule has 1 aromatic heterocycles. The molecule has 160 valence electrons. The Morgan fingerprint density at radius 2 is 1.78 bits per heavy atom. The Morgan fingerprint density at radius 1 is 1.00 bits per heavy atom. The number of pyridine rings is 1. The number of aryl methyl sites for hydroxylation is 2. The molecular formula is C25H21N3O4. The van der Waals surface area contributed by atoms with Gasteiger partial charge in [0.15, 0.2) is 0 Å². The van der Waals surface area contributed by atoms with Gasteiger partial charge in [-0.25, -0.2) is 0 Å². The summed E-state index contributed by atoms with van der Waals surface area (Å²) in [4.78, 5) is 41.4. The molecule has 0 saturated heterocycles. The van der Waals surface area contributed by atoms with E-state index in [0.717, 1.165) is 16.5 Å². The van der Waals surface area contributed by atoms with Crippen LogP contribution in [-0.2, 0) is 6.54 Å². The van der Waals surface area contributed by atoms with Crippen LogP contribution in [0, 0.1) is 24.0 Å². The number of hydrogen-bond donors (Lipinski definition) is 1. The largest absolute Gasteiger partial charge is 0.322 e. The first-order chi connectivity index (χ1) is 15.3. The second-order valence-electron chi connectivity index (χ2n) is 7.70. The molecule has 1 heterocycles. The molecule has 0 fully saturated rings. The van der Waals surface area contributed by atoms with E-state index in [2.05, 4.69) is 4.98 Å². The van der Waals surface area contributed by atoms with E-state index in [1.807, 2.05) is 56.3 Å². The first-order valence-corrected chi connectivity index (χ1v) is 10.1. The van der Waals surface area contributed by atoms with E-state index in [1.54, 1.807) is 6.07 Å². The van der Waals surface area contributed by atoms with Gasteiger partial charge in [0.2, 0.25) is 0 Å². The molecule has 7 heteroatoms. The molecule has 1 amide bonds. The number of nitro benzene ring substituents is 1. The maximum atomic E-state index is 13.6. The third kappa shape index (κ3) is 4.13. The number of aromatic nitrogens is 1. The first kappa shape index (κ1) is 21.0. The van der Waals surface area contributed by atoms with Crippen molar-refractivity contribution in [2.45, 2.75) is 20.4 Å². The van der Waals surface area contributed by atoms with Crippen LogP contribution in [0.25, 0.3) is 10.9 Å². The van der Waals surface area contributed by atoms with Crippen molar-refractivity contribution in [2.24, 2.45) is 0 Å². The van der Waals surface area contributed by atoms with Gasteiger partial charge in [0.05, 0.1) is 11.5 Å². The fraction of sp³-hybridized carbons (Fsp3) is 0.120. The lowest BCUT2D eigenvalue weighted by Gasteiger charge is -2.25. The standard InChI is InChI=1S/C25H21N3O4/c1-16-10-11-17(2)23(12-16)27(25(30)19-7-5-8-21(14-19)28(31)32)15-20-13-18-6-3-4-9-22(18)26-24(20)29/h3-14H,15H2,1-2H3,(H,26,29). The van der Waals surface area contributed by atoms with Crippen LogP contribution in [0.4, 0.5) is 11.4 Å². The highest BCUT2D eigenvalue weighted by molar-refractivity contribution is 6.06. The summed E-state index contributed by atoms with van der Waals surface area (Å²) < 4.78 is 0. The Balaban J connectivity index is 1.83. The first-order valence-electron chi connectivity index (χ1n) is 10.1. The fourth-order valence-corrected chi connectivity index (χ4v) is 3.67. The lowest BCUT2D eigenvalue weighted by molar-refractivity contribution is -0.384. The van der Waals surface area contributed by atoms with E-state index in [4.69, 9.17) is 0 Å². The Bertz CT molecular complexity index is 1410. The van der Waals surface area contributed by atoms with Crippen molar-refractivity contribution in [3.8, 4) is 0 Å². The van der Waals surface area contributed by atoms with Crippen molar-refractivity contribution in [1.29, 1.82) is 0 Å². The predicted octanol–water partition coefficient (Wildman–Crippen LogP) is 4.90. The van der Waals surface area contributed by atoms with Gasteiger partial charge in [-0.3, -0.25) is 19.7 Å². The third-order valence-corrected chi connectivity index (χ3v) is 5.36. The Morgan fingerprint density at radius 3 is 2.56 bits per heavy atom. The van der Waals surface area contributed by atoms with Gasteiger partial charge in [0, 0.05) is 34.5 Å². The number of benzene rings is 3. The van der Waals surface area contributed by atoms with Gasteiger partial charge in [-0.2, -0.15) is 0 Å². The third-order valence-electron chi connectivity index (χ3n) is 5.36. The van der Waals surface area contributed by atoms with Crippen LogP contribution in [0.5, 0.6) is 0 Å². The molecule has 0 bridgehead atoms. The van der Waals surface area contributed by atoms with Crippen LogP contribution in [-0.4, -0.2) is 15.8 Å². The summed E-state index contributed by atoms with van der Waals surface area (Å²) in [5, 5.41) is 12.1. The number of nitro groups is 1. The molecular weight excluding hydrogens is 406 g/mol. The number of nitrogens with zero attached hydrogens (tertiary/aromatic N) is 2. The normalized spacial score (nSPS) is 10.8. The van der Waals surface area contributed by atoms with Crippen LogP contribution in [0.15, 0.2) is 77.6 Å². The van der Waals surface area contributed by atoms with E-state index in [1.165, 1.54) is 29.2 Å². The van der Waals surface area contributed by atoms with Crippen molar-refractivity contribution in [1.82, 2.24) is 4.98 Å². The van der Waals surface area contributed by atoms with E-state index < -0.39 is 10.8 Å². The van der Waals surface area contributed by atoms with E-state index in [0.29, 0.717) is 16.8 Å². The molecule has 4 rings (SSSR count). The van der Waals surface area contributed by atoms with Crippen LogP contribution in [0.1, 0.15) is 27.0 Å². The number of aromatic amines is 1. The lowest BCUT2D eigenvalue weighted by Crippen LogP contribution is -2.33. The Hall–Kier alpha value is -4.26. The average molecular weight is 427 g/mol. The maximum absolute atomic E-state index is 13.6. The molecule has 0 aliphatic carbocycles. The quantitative estimate of drug-likeness (QED) is 0.362. The summed E-state index contributed by atoms with van der Waals surface area (Å²) in [5.41, 5.74) is 3.31.